The first kappa shape index (κ1) is 12.9. The summed E-state index contributed by atoms with van der Waals surface area (Å²) in [5, 5.41) is 36.6. The molecular weight excluding hydrogens is 288 g/mol. The van der Waals surface area contributed by atoms with Crippen LogP contribution in [0.4, 0.5) is 0 Å². The predicted molar refractivity (Wildman–Crippen MR) is 90.5 cm³/mol. The number of benzene rings is 4. The third-order valence-electron chi connectivity index (χ3n) is 4.95. The van der Waals surface area contributed by atoms with Crippen molar-refractivity contribution in [3.05, 3.63) is 65.7 Å². The molecule has 0 saturated heterocycles. The third-order valence-corrected chi connectivity index (χ3v) is 4.95. The fourth-order valence-corrected chi connectivity index (χ4v) is 3.91. The molecule has 3 heteroatoms. The average molecular weight is 302 g/mol. The van der Waals surface area contributed by atoms with Crippen molar-refractivity contribution in [3.63, 3.8) is 0 Å². The molecule has 0 spiro atoms. The van der Waals surface area contributed by atoms with E-state index in [0.29, 0.717) is 0 Å². The Labute approximate surface area is 132 Å². The molecule has 2 unspecified atom stereocenters. The van der Waals surface area contributed by atoms with E-state index in [0.717, 1.165) is 43.4 Å². The number of phenolic OH excluding ortho intramolecular Hbond substituents is 1. The van der Waals surface area contributed by atoms with Crippen molar-refractivity contribution in [1.29, 1.82) is 0 Å². The summed E-state index contributed by atoms with van der Waals surface area (Å²) in [6, 6.07) is 17.1. The van der Waals surface area contributed by atoms with Crippen LogP contribution in [0, 0.1) is 0 Å². The van der Waals surface area contributed by atoms with Crippen LogP contribution in [-0.2, 0) is 0 Å². The van der Waals surface area contributed by atoms with E-state index in [1.54, 1.807) is 12.1 Å². The lowest BCUT2D eigenvalue weighted by Crippen LogP contribution is -2.03. The van der Waals surface area contributed by atoms with E-state index >= 15 is 0 Å². The third kappa shape index (κ3) is 1.55. The van der Waals surface area contributed by atoms with Crippen LogP contribution >= 0.6 is 0 Å². The maximum atomic E-state index is 10.6. The Morgan fingerprint density at radius 2 is 1.52 bits per heavy atom. The summed E-state index contributed by atoms with van der Waals surface area (Å²) < 4.78 is 0. The van der Waals surface area contributed by atoms with Crippen molar-refractivity contribution in [2.75, 3.05) is 0 Å². The van der Waals surface area contributed by atoms with Crippen molar-refractivity contribution in [1.82, 2.24) is 0 Å². The number of hydrogen-bond acceptors (Lipinski definition) is 3. The smallest absolute Gasteiger partial charge is 0.116 e. The first-order valence-corrected chi connectivity index (χ1v) is 7.62. The lowest BCUT2D eigenvalue weighted by molar-refractivity contribution is 0.0261. The summed E-state index contributed by atoms with van der Waals surface area (Å²) in [5.74, 6) is 0.218. The van der Waals surface area contributed by atoms with E-state index in [2.05, 4.69) is 6.07 Å². The van der Waals surface area contributed by atoms with Gasteiger partial charge in [-0.1, -0.05) is 36.4 Å². The van der Waals surface area contributed by atoms with Gasteiger partial charge in [-0.15, -0.1) is 0 Å². The van der Waals surface area contributed by atoms with Gasteiger partial charge >= 0.3 is 0 Å². The molecule has 0 amide bonds. The highest BCUT2D eigenvalue weighted by atomic mass is 16.3. The Balaban J connectivity index is 2.06. The summed E-state index contributed by atoms with van der Waals surface area (Å²) in [6.45, 7) is 0. The number of aliphatic hydroxyl groups excluding tert-OH is 2. The average Bonchev–Trinajstić information content (AvgIpc) is 2.82. The van der Waals surface area contributed by atoms with Crippen LogP contribution in [-0.4, -0.2) is 15.3 Å². The van der Waals surface area contributed by atoms with Crippen LogP contribution in [0.5, 0.6) is 5.75 Å². The molecular formula is C20H14O3. The Morgan fingerprint density at radius 1 is 0.696 bits per heavy atom. The van der Waals surface area contributed by atoms with Crippen LogP contribution in [0.2, 0.25) is 0 Å². The fraction of sp³-hybridized carbons (Fsp3) is 0.100. The van der Waals surface area contributed by atoms with Crippen molar-refractivity contribution in [2.24, 2.45) is 0 Å². The zero-order chi connectivity index (χ0) is 15.7. The molecule has 0 aliphatic heterocycles. The normalized spacial score (nSPS) is 19.9. The Kier molecular flexibility index (Phi) is 2.36. The van der Waals surface area contributed by atoms with Gasteiger partial charge in [-0.25, -0.2) is 0 Å². The molecule has 0 radical (unpaired) electrons. The van der Waals surface area contributed by atoms with Gasteiger partial charge in [0.2, 0.25) is 0 Å². The second kappa shape index (κ2) is 4.22. The Morgan fingerprint density at radius 3 is 2.39 bits per heavy atom. The fourth-order valence-electron chi connectivity index (χ4n) is 3.91. The van der Waals surface area contributed by atoms with Crippen LogP contribution in [0.1, 0.15) is 23.3 Å². The molecule has 0 bridgehead atoms. The van der Waals surface area contributed by atoms with E-state index in [4.69, 9.17) is 0 Å². The maximum Gasteiger partial charge on any atom is 0.116 e. The monoisotopic (exact) mass is 302 g/mol. The molecule has 112 valence electrons. The van der Waals surface area contributed by atoms with Crippen molar-refractivity contribution < 1.29 is 15.3 Å². The molecule has 0 saturated carbocycles. The van der Waals surface area contributed by atoms with Crippen molar-refractivity contribution in [3.8, 4) is 5.75 Å². The summed E-state index contributed by atoms with van der Waals surface area (Å²) in [4.78, 5) is 0. The van der Waals surface area contributed by atoms with E-state index < -0.39 is 12.2 Å². The van der Waals surface area contributed by atoms with Gasteiger partial charge in [-0.05, 0) is 61.6 Å². The van der Waals surface area contributed by atoms with E-state index in [1.165, 1.54) is 0 Å². The number of aliphatic hydroxyl groups is 2. The van der Waals surface area contributed by atoms with Crippen molar-refractivity contribution in [2.45, 2.75) is 12.2 Å². The van der Waals surface area contributed by atoms with Gasteiger partial charge in [-0.3, -0.25) is 0 Å². The Hall–Kier alpha value is -2.62. The summed E-state index contributed by atoms with van der Waals surface area (Å²) >= 11 is 0. The lowest BCUT2D eigenvalue weighted by Gasteiger charge is -2.13. The highest BCUT2D eigenvalue weighted by molar-refractivity contribution is 6.15. The highest BCUT2D eigenvalue weighted by Crippen LogP contribution is 2.48. The number of fused-ring (bicyclic) bond motifs is 4. The van der Waals surface area contributed by atoms with Gasteiger partial charge in [0.25, 0.3) is 0 Å². The molecule has 2 atom stereocenters. The number of aromatic hydroxyl groups is 1. The van der Waals surface area contributed by atoms with Gasteiger partial charge in [0.05, 0.1) is 0 Å². The zero-order valence-electron chi connectivity index (χ0n) is 12.2. The second-order valence-electron chi connectivity index (χ2n) is 6.19. The number of hydrogen-bond donors (Lipinski definition) is 3. The highest BCUT2D eigenvalue weighted by Gasteiger charge is 2.33. The van der Waals surface area contributed by atoms with Gasteiger partial charge in [0, 0.05) is 0 Å². The molecule has 0 aromatic heterocycles. The molecule has 4 aromatic rings. The summed E-state index contributed by atoms with van der Waals surface area (Å²) in [7, 11) is 0. The first-order valence-electron chi connectivity index (χ1n) is 7.62. The Bertz CT molecular complexity index is 1110. The second-order valence-corrected chi connectivity index (χ2v) is 6.19. The molecule has 1 aliphatic carbocycles. The predicted octanol–water partition coefficient (Wildman–Crippen LogP) is 3.93. The number of phenols is 1. The SMILES string of the molecule is Oc1ccc2ccc3c4c5c(cccc5cc3c2c1)C(O)C4O. The van der Waals surface area contributed by atoms with E-state index in [1.807, 2.05) is 36.4 Å². The molecule has 0 fully saturated rings. The minimum absolute atomic E-state index is 0.218. The molecule has 4 aromatic carbocycles. The standard InChI is InChI=1S/C20H14O3/c21-12-6-4-10-5-7-13-16(15(10)9-12)8-11-2-1-3-14-17(11)18(13)20(23)19(14)22/h1-9,19-23H. The topological polar surface area (TPSA) is 60.7 Å². The molecule has 1 aliphatic rings. The van der Waals surface area contributed by atoms with Gasteiger partial charge in [-0.2, -0.15) is 0 Å². The molecule has 3 nitrogen and oxygen atoms in total. The molecule has 0 heterocycles. The van der Waals surface area contributed by atoms with E-state index in [9.17, 15) is 15.3 Å². The van der Waals surface area contributed by atoms with Gasteiger partial charge in [0.1, 0.15) is 18.0 Å². The molecule has 23 heavy (non-hydrogen) atoms. The van der Waals surface area contributed by atoms with Crippen LogP contribution in [0.25, 0.3) is 32.3 Å². The van der Waals surface area contributed by atoms with Crippen LogP contribution in [0.3, 0.4) is 0 Å². The van der Waals surface area contributed by atoms with Gasteiger partial charge in [0.15, 0.2) is 0 Å². The largest absolute Gasteiger partial charge is 0.508 e. The minimum Gasteiger partial charge on any atom is -0.508 e. The van der Waals surface area contributed by atoms with Crippen LogP contribution in [0.15, 0.2) is 54.6 Å². The first-order chi connectivity index (χ1) is 11.1. The summed E-state index contributed by atoms with van der Waals surface area (Å²) in [5.41, 5.74) is 1.56. The minimum atomic E-state index is -0.923. The lowest BCUT2D eigenvalue weighted by atomic mass is 9.93. The molecule has 3 N–H and O–H groups in total. The molecule has 5 rings (SSSR count). The van der Waals surface area contributed by atoms with Crippen molar-refractivity contribution >= 4 is 32.3 Å². The van der Waals surface area contributed by atoms with E-state index in [-0.39, 0.29) is 5.75 Å². The quantitative estimate of drug-likeness (QED) is 0.341. The van der Waals surface area contributed by atoms with Crippen LogP contribution < -0.4 is 0 Å². The maximum absolute atomic E-state index is 10.6. The van der Waals surface area contributed by atoms with Gasteiger partial charge < -0.3 is 15.3 Å². The number of rotatable bonds is 0. The summed E-state index contributed by atoms with van der Waals surface area (Å²) in [6.07, 6.45) is -1.81. The zero-order valence-corrected chi connectivity index (χ0v) is 12.2.